The van der Waals surface area contributed by atoms with Crippen LogP contribution in [0.4, 0.5) is 22.7 Å². The van der Waals surface area contributed by atoms with Crippen molar-refractivity contribution in [2.24, 2.45) is 4.99 Å². The van der Waals surface area contributed by atoms with E-state index in [4.69, 9.17) is 28.2 Å². The second-order valence-corrected chi connectivity index (χ2v) is 14.1. The van der Waals surface area contributed by atoms with E-state index in [1.165, 1.54) is 22.4 Å². The maximum atomic E-state index is 6.40. The molecule has 5 heteroatoms. The van der Waals surface area contributed by atoms with Gasteiger partial charge < -0.3 is 10.2 Å². The number of benzene rings is 4. The van der Waals surface area contributed by atoms with E-state index in [-0.39, 0.29) is 10.8 Å². The van der Waals surface area contributed by atoms with Crippen molar-refractivity contribution in [1.82, 2.24) is 0 Å². The molecule has 1 N–H and O–H groups in total. The van der Waals surface area contributed by atoms with Crippen LogP contribution in [0.1, 0.15) is 51.7 Å². The van der Waals surface area contributed by atoms with E-state index in [0.29, 0.717) is 0 Å². The van der Waals surface area contributed by atoms with Gasteiger partial charge in [0.2, 0.25) is 0 Å². The van der Waals surface area contributed by atoms with E-state index in [0.717, 1.165) is 62.6 Å². The molecule has 4 aromatic carbocycles. The number of hydrogen-bond acceptors (Lipinski definition) is 3. The lowest BCUT2D eigenvalue weighted by molar-refractivity contribution is 0.654. The van der Waals surface area contributed by atoms with Crippen molar-refractivity contribution < 1.29 is 0 Å². The van der Waals surface area contributed by atoms with Gasteiger partial charge in [-0.1, -0.05) is 99.4 Å². The zero-order valence-electron chi connectivity index (χ0n) is 26.6. The number of aliphatic imine (C=N–C) groups is 1. The van der Waals surface area contributed by atoms with Crippen molar-refractivity contribution in [3.8, 4) is 0 Å². The molecule has 46 heavy (non-hydrogen) atoms. The van der Waals surface area contributed by atoms with Gasteiger partial charge >= 0.3 is 0 Å². The van der Waals surface area contributed by atoms with E-state index < -0.39 is 0 Å². The number of halogens is 2. The second-order valence-electron chi connectivity index (χ2n) is 13.2. The number of allylic oxidation sites excluding steroid dienone is 7. The van der Waals surface area contributed by atoms with Gasteiger partial charge in [-0.25, -0.2) is 0 Å². The molecule has 2 aliphatic heterocycles. The number of nitrogens with zero attached hydrogens (tertiary/aromatic N) is 2. The first-order valence-electron chi connectivity index (χ1n) is 15.8. The molecule has 0 radical (unpaired) electrons. The summed E-state index contributed by atoms with van der Waals surface area (Å²) in [5, 5.41) is 5.17. The zero-order chi connectivity index (χ0) is 32.1. The van der Waals surface area contributed by atoms with Crippen molar-refractivity contribution >= 4 is 51.7 Å². The summed E-state index contributed by atoms with van der Waals surface area (Å²) < 4.78 is 0. The van der Waals surface area contributed by atoms with Crippen LogP contribution in [0, 0.1) is 0 Å². The molecule has 0 unspecified atom stereocenters. The van der Waals surface area contributed by atoms with Crippen molar-refractivity contribution in [2.75, 3.05) is 10.2 Å². The molecule has 230 valence electrons. The zero-order valence-corrected chi connectivity index (χ0v) is 28.1. The van der Waals surface area contributed by atoms with Crippen molar-refractivity contribution in [2.45, 2.75) is 51.4 Å². The van der Waals surface area contributed by atoms with Crippen LogP contribution in [0.5, 0.6) is 0 Å². The van der Waals surface area contributed by atoms with Crippen LogP contribution in [-0.4, -0.2) is 5.71 Å². The Hall–Kier alpha value is -4.31. The van der Waals surface area contributed by atoms with E-state index in [2.05, 4.69) is 135 Å². The molecule has 0 saturated carbocycles. The molecule has 3 nitrogen and oxygen atoms in total. The van der Waals surface area contributed by atoms with Gasteiger partial charge in [0.25, 0.3) is 0 Å². The molecule has 0 fully saturated rings. The summed E-state index contributed by atoms with van der Waals surface area (Å²) >= 11 is 12.8. The highest BCUT2D eigenvalue weighted by Crippen LogP contribution is 2.46. The molecule has 3 aliphatic rings. The molecule has 0 bridgehead atoms. The van der Waals surface area contributed by atoms with Crippen LogP contribution in [0.25, 0.3) is 0 Å². The van der Waals surface area contributed by atoms with Gasteiger partial charge in [-0.05, 0) is 108 Å². The van der Waals surface area contributed by atoms with E-state index >= 15 is 0 Å². The predicted molar refractivity (Wildman–Crippen MR) is 196 cm³/mol. The number of rotatable bonds is 6. The minimum Gasteiger partial charge on any atom is -0.358 e. The Labute approximate surface area is 282 Å². The number of fused-ring (bicyclic) bond motifs is 2. The van der Waals surface area contributed by atoms with Crippen LogP contribution in [-0.2, 0) is 10.8 Å². The molecule has 4 aromatic rings. The van der Waals surface area contributed by atoms with Gasteiger partial charge in [-0.15, -0.1) is 0 Å². The largest absolute Gasteiger partial charge is 0.358 e. The average molecular weight is 643 g/mol. The molecule has 0 spiro atoms. The average Bonchev–Trinajstić information content (AvgIpc) is 3.64. The SMILES string of the molecule is CC1(C)C(C=CC2=C(N(c3ccccc3)c3ccccc3)/C(=C/C=C3Nc4ccc(Cl)cc4C3(C)C)CC2)=Nc2ccc(Cl)cc21. The van der Waals surface area contributed by atoms with Crippen LogP contribution >= 0.6 is 23.2 Å². The normalized spacial score (nSPS) is 19.5. The van der Waals surface area contributed by atoms with Crippen LogP contribution in [0.2, 0.25) is 10.0 Å². The summed E-state index contributed by atoms with van der Waals surface area (Å²) in [6.45, 7) is 8.95. The fraction of sp³-hybridized carbons (Fsp3) is 0.195. The van der Waals surface area contributed by atoms with Gasteiger partial charge in [-0.3, -0.25) is 4.99 Å². The summed E-state index contributed by atoms with van der Waals surface area (Å²) in [5.74, 6) is 0. The van der Waals surface area contributed by atoms with Gasteiger partial charge in [-0.2, -0.15) is 0 Å². The quantitative estimate of drug-likeness (QED) is 0.227. The number of anilines is 3. The van der Waals surface area contributed by atoms with Crippen LogP contribution in [0.15, 0.2) is 149 Å². The molecular weight excluding hydrogens is 605 g/mol. The first-order chi connectivity index (χ1) is 22.1. The van der Waals surface area contributed by atoms with Crippen LogP contribution < -0.4 is 10.2 Å². The molecular formula is C41H37Cl2N3. The van der Waals surface area contributed by atoms with Gasteiger partial charge in [0.1, 0.15) is 0 Å². The second kappa shape index (κ2) is 11.8. The van der Waals surface area contributed by atoms with Gasteiger partial charge in [0.05, 0.1) is 17.1 Å². The molecule has 1 aliphatic carbocycles. The minimum absolute atomic E-state index is 0.189. The van der Waals surface area contributed by atoms with Crippen LogP contribution in [0.3, 0.4) is 0 Å². The summed E-state index contributed by atoms with van der Waals surface area (Å²) in [6, 6.07) is 33.4. The monoisotopic (exact) mass is 641 g/mol. The summed E-state index contributed by atoms with van der Waals surface area (Å²) in [6.07, 6.45) is 10.9. The fourth-order valence-electron chi connectivity index (χ4n) is 6.85. The molecule has 0 aromatic heterocycles. The Morgan fingerprint density at radius 3 is 2.00 bits per heavy atom. The number of hydrogen-bond donors (Lipinski definition) is 1. The standard InChI is InChI=1S/C41H37Cl2N3/c1-40(2)33-25-29(42)19-21-35(33)44-37(40)23-17-27-15-16-28(18-24-38-41(3,4)34-26-30(43)20-22-36(34)45-38)39(27)46(31-11-7-5-8-12-31)32-13-9-6-10-14-32/h5-14,17-26,44H,15-16H2,1-4H3/b24-18?,27-17+,37-23?. The Balaban J connectivity index is 1.34. The summed E-state index contributed by atoms with van der Waals surface area (Å²) in [4.78, 5) is 7.43. The number of para-hydroxylation sites is 2. The van der Waals surface area contributed by atoms with Crippen molar-refractivity contribution in [3.05, 3.63) is 165 Å². The third-order valence-electron chi connectivity index (χ3n) is 9.53. The van der Waals surface area contributed by atoms with Gasteiger partial charge in [0.15, 0.2) is 0 Å². The molecule has 0 amide bonds. The minimum atomic E-state index is -0.241. The lowest BCUT2D eigenvalue weighted by atomic mass is 9.81. The maximum Gasteiger partial charge on any atom is 0.0675 e. The highest BCUT2D eigenvalue weighted by molar-refractivity contribution is 6.31. The number of nitrogens with one attached hydrogen (secondary N) is 1. The van der Waals surface area contributed by atoms with Gasteiger partial charge in [0, 0.05) is 43.6 Å². The topological polar surface area (TPSA) is 27.6 Å². The smallest absolute Gasteiger partial charge is 0.0675 e. The Morgan fingerprint density at radius 2 is 1.33 bits per heavy atom. The first-order valence-corrected chi connectivity index (χ1v) is 16.6. The molecule has 0 saturated heterocycles. The highest BCUT2D eigenvalue weighted by Gasteiger charge is 2.36. The predicted octanol–water partition coefficient (Wildman–Crippen LogP) is 12.0. The summed E-state index contributed by atoms with van der Waals surface area (Å²) in [7, 11) is 0. The lowest BCUT2D eigenvalue weighted by Gasteiger charge is -2.28. The van der Waals surface area contributed by atoms with E-state index in [1.54, 1.807) is 0 Å². The fourth-order valence-corrected chi connectivity index (χ4v) is 7.19. The third kappa shape index (κ3) is 5.42. The van der Waals surface area contributed by atoms with E-state index in [1.807, 2.05) is 24.3 Å². The molecule has 2 heterocycles. The van der Waals surface area contributed by atoms with E-state index in [9.17, 15) is 0 Å². The Kier molecular flexibility index (Phi) is 7.79. The third-order valence-corrected chi connectivity index (χ3v) is 10.00. The Morgan fingerprint density at radius 1 is 0.696 bits per heavy atom. The van der Waals surface area contributed by atoms with Crippen molar-refractivity contribution in [1.29, 1.82) is 0 Å². The molecule has 7 rings (SSSR count). The van der Waals surface area contributed by atoms with Crippen molar-refractivity contribution in [3.63, 3.8) is 0 Å². The first kappa shape index (κ1) is 30.3. The molecule has 0 atom stereocenters. The Bertz CT molecular complexity index is 1940. The highest BCUT2D eigenvalue weighted by atomic mass is 35.5. The summed E-state index contributed by atoms with van der Waals surface area (Å²) in [5.41, 5.74) is 12.3. The maximum absolute atomic E-state index is 6.40. The lowest BCUT2D eigenvalue weighted by Crippen LogP contribution is -2.23.